The van der Waals surface area contributed by atoms with Gasteiger partial charge in [0, 0.05) is 6.20 Å². The maximum atomic E-state index is 12.0. The summed E-state index contributed by atoms with van der Waals surface area (Å²) in [5, 5.41) is 0. The second kappa shape index (κ2) is 4.12. The van der Waals surface area contributed by atoms with Crippen LogP contribution >= 0.6 is 0 Å². The highest BCUT2D eigenvalue weighted by Gasteiger charge is 2.48. The highest BCUT2D eigenvalue weighted by Crippen LogP contribution is 2.28. The lowest BCUT2D eigenvalue weighted by Crippen LogP contribution is -2.28. The standard InChI is InChI=1S/C8H6F3NO3S/c1-2-6-7(4-3-5-12-6)15-16(13,14)8(9,10)11/h2-5H,1H2. The van der Waals surface area contributed by atoms with E-state index in [0.717, 1.165) is 12.1 Å². The van der Waals surface area contributed by atoms with Crippen molar-refractivity contribution >= 4 is 16.2 Å². The van der Waals surface area contributed by atoms with Gasteiger partial charge in [0.05, 0.1) is 0 Å². The lowest BCUT2D eigenvalue weighted by atomic mass is 10.3. The molecule has 1 aromatic heterocycles. The molecule has 0 radical (unpaired) electrons. The first kappa shape index (κ1) is 12.5. The van der Waals surface area contributed by atoms with Crippen LogP contribution < -0.4 is 4.18 Å². The molecule has 8 heteroatoms. The van der Waals surface area contributed by atoms with Crippen LogP contribution in [0, 0.1) is 0 Å². The highest BCUT2D eigenvalue weighted by atomic mass is 32.2. The van der Waals surface area contributed by atoms with Crippen molar-refractivity contribution in [1.82, 2.24) is 4.98 Å². The zero-order valence-electron chi connectivity index (χ0n) is 7.73. The molecule has 1 aromatic rings. The van der Waals surface area contributed by atoms with Crippen molar-refractivity contribution in [1.29, 1.82) is 0 Å². The van der Waals surface area contributed by atoms with Crippen LogP contribution in [-0.2, 0) is 10.1 Å². The summed E-state index contributed by atoms with van der Waals surface area (Å²) in [5.74, 6) is -0.519. The van der Waals surface area contributed by atoms with Gasteiger partial charge >= 0.3 is 15.6 Å². The van der Waals surface area contributed by atoms with Crippen molar-refractivity contribution in [2.45, 2.75) is 5.51 Å². The maximum Gasteiger partial charge on any atom is 0.534 e. The van der Waals surface area contributed by atoms with Crippen molar-refractivity contribution < 1.29 is 25.8 Å². The Bertz CT molecular complexity index is 495. The first-order valence-electron chi connectivity index (χ1n) is 3.86. The lowest BCUT2D eigenvalue weighted by Gasteiger charge is -2.10. The molecule has 4 nitrogen and oxygen atoms in total. The fourth-order valence-corrected chi connectivity index (χ4v) is 1.26. The largest absolute Gasteiger partial charge is 0.534 e. The second-order valence-corrected chi connectivity index (χ2v) is 4.11. The third-order valence-corrected chi connectivity index (χ3v) is 2.44. The van der Waals surface area contributed by atoms with E-state index in [2.05, 4.69) is 15.7 Å². The van der Waals surface area contributed by atoms with E-state index >= 15 is 0 Å². The maximum absolute atomic E-state index is 12.0. The van der Waals surface area contributed by atoms with Gasteiger partial charge in [0.1, 0.15) is 5.69 Å². The molecular weight excluding hydrogens is 247 g/mol. The molecule has 0 unspecified atom stereocenters. The summed E-state index contributed by atoms with van der Waals surface area (Å²) in [4.78, 5) is 3.59. The number of nitrogens with zero attached hydrogens (tertiary/aromatic N) is 1. The van der Waals surface area contributed by atoms with Crippen LogP contribution in [0.3, 0.4) is 0 Å². The van der Waals surface area contributed by atoms with Gasteiger partial charge in [-0.25, -0.2) is 0 Å². The smallest absolute Gasteiger partial charge is 0.374 e. The fraction of sp³-hybridized carbons (Fsp3) is 0.125. The Balaban J connectivity index is 3.11. The molecule has 0 aliphatic heterocycles. The topological polar surface area (TPSA) is 56.3 Å². The minimum Gasteiger partial charge on any atom is -0.374 e. The van der Waals surface area contributed by atoms with Gasteiger partial charge < -0.3 is 4.18 Å². The molecule has 0 N–H and O–H groups in total. The highest BCUT2D eigenvalue weighted by molar-refractivity contribution is 7.88. The lowest BCUT2D eigenvalue weighted by molar-refractivity contribution is -0.0500. The van der Waals surface area contributed by atoms with Gasteiger partial charge in [-0.15, -0.1) is 0 Å². The predicted octanol–water partition coefficient (Wildman–Crippen LogP) is 1.95. The summed E-state index contributed by atoms with van der Waals surface area (Å²) >= 11 is 0. The van der Waals surface area contributed by atoms with Gasteiger partial charge in [-0.3, -0.25) is 4.98 Å². The molecule has 0 fully saturated rings. The molecule has 16 heavy (non-hydrogen) atoms. The minimum absolute atomic E-state index is 0.0877. The Morgan fingerprint density at radius 1 is 1.44 bits per heavy atom. The molecule has 88 valence electrons. The first-order valence-corrected chi connectivity index (χ1v) is 5.27. The van der Waals surface area contributed by atoms with Gasteiger partial charge in [0.25, 0.3) is 0 Å². The van der Waals surface area contributed by atoms with Crippen LogP contribution in [0.25, 0.3) is 6.08 Å². The average Bonchev–Trinajstić information content (AvgIpc) is 2.16. The van der Waals surface area contributed by atoms with Gasteiger partial charge in [-0.2, -0.15) is 21.6 Å². The third kappa shape index (κ3) is 2.51. The fourth-order valence-electron chi connectivity index (χ4n) is 0.792. The van der Waals surface area contributed by atoms with Gasteiger partial charge in [-0.05, 0) is 18.2 Å². The quantitative estimate of drug-likeness (QED) is 0.610. The van der Waals surface area contributed by atoms with Crippen LogP contribution in [0.1, 0.15) is 5.69 Å². The number of aromatic nitrogens is 1. The van der Waals surface area contributed by atoms with Crippen molar-refractivity contribution in [2.75, 3.05) is 0 Å². The van der Waals surface area contributed by atoms with E-state index in [1.165, 1.54) is 12.3 Å². The number of hydrogen-bond donors (Lipinski definition) is 0. The summed E-state index contributed by atoms with van der Waals surface area (Å²) in [7, 11) is -5.67. The molecule has 0 atom stereocenters. The van der Waals surface area contributed by atoms with E-state index < -0.39 is 21.4 Å². The van der Waals surface area contributed by atoms with Crippen LogP contribution in [0.4, 0.5) is 13.2 Å². The van der Waals surface area contributed by atoms with Crippen LogP contribution in [0.15, 0.2) is 24.9 Å². The molecule has 0 saturated heterocycles. The van der Waals surface area contributed by atoms with Crippen LogP contribution in [-0.4, -0.2) is 18.9 Å². The summed E-state index contributed by atoms with van der Waals surface area (Å²) in [6, 6.07) is 2.29. The number of pyridine rings is 1. The zero-order valence-corrected chi connectivity index (χ0v) is 8.55. The number of alkyl halides is 3. The molecule has 0 spiro atoms. The zero-order chi connectivity index (χ0) is 12.4. The Hall–Kier alpha value is -1.57. The molecule has 0 aliphatic rings. The molecule has 0 amide bonds. The predicted molar refractivity (Wildman–Crippen MR) is 49.9 cm³/mol. The molecule has 0 aliphatic carbocycles. The van der Waals surface area contributed by atoms with E-state index in [9.17, 15) is 21.6 Å². The Labute approximate surface area is 89.5 Å². The Kier molecular flexibility index (Phi) is 3.22. The Morgan fingerprint density at radius 2 is 2.06 bits per heavy atom. The van der Waals surface area contributed by atoms with E-state index in [0.29, 0.717) is 0 Å². The van der Waals surface area contributed by atoms with Crippen LogP contribution in [0.5, 0.6) is 5.75 Å². The van der Waals surface area contributed by atoms with Gasteiger partial charge in [0.2, 0.25) is 0 Å². The van der Waals surface area contributed by atoms with Crippen molar-refractivity contribution in [3.05, 3.63) is 30.6 Å². The van der Waals surface area contributed by atoms with Crippen LogP contribution in [0.2, 0.25) is 0 Å². The first-order chi connectivity index (χ1) is 7.28. The molecule has 1 rings (SSSR count). The second-order valence-electron chi connectivity index (χ2n) is 2.57. The van der Waals surface area contributed by atoms with Gasteiger partial charge in [0.15, 0.2) is 5.75 Å². The summed E-state index contributed by atoms with van der Waals surface area (Å²) in [6.07, 6.45) is 2.35. The van der Waals surface area contributed by atoms with Crippen molar-refractivity contribution in [3.8, 4) is 5.75 Å². The average molecular weight is 253 g/mol. The number of hydrogen-bond acceptors (Lipinski definition) is 4. The molecule has 0 saturated carbocycles. The summed E-state index contributed by atoms with van der Waals surface area (Å²) in [5.41, 5.74) is -5.56. The van der Waals surface area contributed by atoms with E-state index in [-0.39, 0.29) is 5.69 Å². The third-order valence-electron chi connectivity index (χ3n) is 1.48. The Morgan fingerprint density at radius 3 is 2.56 bits per heavy atom. The molecule has 1 heterocycles. The molecular formula is C8H6F3NO3S. The summed E-state index contributed by atoms with van der Waals surface area (Å²) in [6.45, 7) is 3.27. The monoisotopic (exact) mass is 253 g/mol. The minimum atomic E-state index is -5.67. The normalized spacial score (nSPS) is 12.2. The SMILES string of the molecule is C=Cc1ncccc1OS(=O)(=O)C(F)(F)F. The van der Waals surface area contributed by atoms with Gasteiger partial charge in [-0.1, -0.05) is 6.58 Å². The van der Waals surface area contributed by atoms with Crippen molar-refractivity contribution in [2.24, 2.45) is 0 Å². The summed E-state index contributed by atoms with van der Waals surface area (Å²) < 4.78 is 61.2. The molecule has 0 aromatic carbocycles. The molecule has 0 bridgehead atoms. The van der Waals surface area contributed by atoms with Crippen molar-refractivity contribution in [3.63, 3.8) is 0 Å². The van der Waals surface area contributed by atoms with E-state index in [4.69, 9.17) is 0 Å². The van der Waals surface area contributed by atoms with E-state index in [1.54, 1.807) is 0 Å². The number of rotatable bonds is 3. The van der Waals surface area contributed by atoms with E-state index in [1.807, 2.05) is 0 Å². The number of halogens is 3.